The van der Waals surface area contributed by atoms with Crippen molar-refractivity contribution in [3.8, 4) is 5.75 Å². The quantitative estimate of drug-likeness (QED) is 0.759. The Kier molecular flexibility index (Phi) is 6.24. The van der Waals surface area contributed by atoms with Gasteiger partial charge in [-0.3, -0.25) is 4.79 Å². The number of benzene rings is 2. The number of nitrogen functional groups attached to an aromatic ring is 1. The van der Waals surface area contributed by atoms with Crippen LogP contribution in [0.15, 0.2) is 48.5 Å². The number of hydrogen-bond donors (Lipinski definition) is 2. The topological polar surface area (TPSA) is 64.3 Å². The molecular weight excluding hydrogens is 300 g/mol. The number of ether oxygens (including phenoxy) is 1. The van der Waals surface area contributed by atoms with Crippen LogP contribution in [0, 0.1) is 0 Å². The summed E-state index contributed by atoms with van der Waals surface area (Å²) in [7, 11) is 0. The van der Waals surface area contributed by atoms with Crippen molar-refractivity contribution >= 4 is 11.6 Å². The summed E-state index contributed by atoms with van der Waals surface area (Å²) in [4.78, 5) is 12.1. The van der Waals surface area contributed by atoms with Gasteiger partial charge in [-0.05, 0) is 50.5 Å². The number of rotatable bonds is 7. The zero-order valence-electron chi connectivity index (χ0n) is 14.6. The fourth-order valence-corrected chi connectivity index (χ4v) is 2.51. The molecule has 0 spiro atoms. The zero-order chi connectivity index (χ0) is 17.5. The molecule has 2 aromatic rings. The molecule has 3 N–H and O–H groups in total. The summed E-state index contributed by atoms with van der Waals surface area (Å²) >= 11 is 0. The van der Waals surface area contributed by atoms with Crippen molar-refractivity contribution in [2.45, 2.75) is 45.8 Å². The fourth-order valence-electron chi connectivity index (χ4n) is 2.51. The smallest absolute Gasteiger partial charge is 0.220 e. The van der Waals surface area contributed by atoms with Crippen molar-refractivity contribution in [1.82, 2.24) is 5.32 Å². The van der Waals surface area contributed by atoms with Crippen LogP contribution in [-0.4, -0.2) is 12.0 Å². The predicted molar refractivity (Wildman–Crippen MR) is 97.9 cm³/mol. The van der Waals surface area contributed by atoms with Crippen LogP contribution < -0.4 is 15.8 Å². The van der Waals surface area contributed by atoms with Crippen molar-refractivity contribution in [3.05, 3.63) is 59.7 Å². The van der Waals surface area contributed by atoms with Crippen molar-refractivity contribution in [2.75, 3.05) is 5.73 Å². The maximum absolute atomic E-state index is 12.1. The first kappa shape index (κ1) is 17.9. The molecule has 128 valence electrons. The van der Waals surface area contributed by atoms with E-state index in [4.69, 9.17) is 10.5 Å². The van der Waals surface area contributed by atoms with E-state index in [0.717, 1.165) is 11.1 Å². The average molecular weight is 326 g/mol. The lowest BCUT2D eigenvalue weighted by Crippen LogP contribution is -2.26. The summed E-state index contributed by atoms with van der Waals surface area (Å²) in [5.74, 6) is 0.725. The van der Waals surface area contributed by atoms with Gasteiger partial charge in [-0.2, -0.15) is 0 Å². The maximum Gasteiger partial charge on any atom is 0.220 e. The number of hydrogen-bond acceptors (Lipinski definition) is 3. The zero-order valence-corrected chi connectivity index (χ0v) is 14.6. The second-order valence-corrected chi connectivity index (χ2v) is 6.24. The molecule has 1 atom stereocenters. The van der Waals surface area contributed by atoms with Gasteiger partial charge in [-0.1, -0.05) is 36.4 Å². The molecule has 0 aliphatic rings. The molecule has 0 saturated heterocycles. The number of nitrogens with two attached hydrogens (primary N) is 1. The number of carbonyl (C=O) groups excluding carboxylic acids is 1. The van der Waals surface area contributed by atoms with E-state index in [1.165, 1.54) is 0 Å². The Morgan fingerprint density at radius 3 is 2.46 bits per heavy atom. The second kappa shape index (κ2) is 8.39. The highest BCUT2D eigenvalue weighted by Gasteiger charge is 2.10. The van der Waals surface area contributed by atoms with Crippen LogP contribution in [0.2, 0.25) is 0 Å². The Hall–Kier alpha value is -2.49. The predicted octanol–water partition coefficient (Wildman–Crippen LogP) is 3.87. The van der Waals surface area contributed by atoms with Crippen LogP contribution in [-0.2, 0) is 11.2 Å². The van der Waals surface area contributed by atoms with E-state index >= 15 is 0 Å². The standard InChI is InChI=1S/C20H26N2O2/c1-14(2)24-19-11-9-16(13-18(19)21)10-12-20(23)22-15(3)17-7-5-4-6-8-17/h4-9,11,13-15H,10,12,21H2,1-3H3,(H,22,23). The molecule has 1 amide bonds. The average Bonchev–Trinajstić information content (AvgIpc) is 2.55. The summed E-state index contributed by atoms with van der Waals surface area (Å²) in [5, 5.41) is 3.02. The Morgan fingerprint density at radius 1 is 1.12 bits per heavy atom. The van der Waals surface area contributed by atoms with E-state index in [2.05, 4.69) is 5.32 Å². The van der Waals surface area contributed by atoms with Crippen molar-refractivity contribution in [2.24, 2.45) is 0 Å². The van der Waals surface area contributed by atoms with E-state index in [1.54, 1.807) is 0 Å². The van der Waals surface area contributed by atoms with E-state index in [-0.39, 0.29) is 18.1 Å². The molecule has 0 heterocycles. The minimum atomic E-state index is 0.00517. The Morgan fingerprint density at radius 2 is 1.83 bits per heavy atom. The minimum absolute atomic E-state index is 0.00517. The number of nitrogens with one attached hydrogen (secondary N) is 1. The van der Waals surface area contributed by atoms with Crippen LogP contribution in [0.5, 0.6) is 5.75 Å². The molecule has 0 aromatic heterocycles. The molecule has 2 aromatic carbocycles. The van der Waals surface area contributed by atoms with Gasteiger partial charge in [0.2, 0.25) is 5.91 Å². The Balaban J connectivity index is 1.86. The van der Waals surface area contributed by atoms with Gasteiger partial charge in [0.25, 0.3) is 0 Å². The fraction of sp³-hybridized carbons (Fsp3) is 0.350. The molecule has 4 nitrogen and oxygen atoms in total. The highest BCUT2D eigenvalue weighted by Crippen LogP contribution is 2.24. The Bertz CT molecular complexity index is 669. The summed E-state index contributed by atoms with van der Waals surface area (Å²) in [6, 6.07) is 15.7. The van der Waals surface area contributed by atoms with Gasteiger partial charge in [0.15, 0.2) is 0 Å². The number of amides is 1. The molecule has 0 bridgehead atoms. The summed E-state index contributed by atoms with van der Waals surface area (Å²) < 4.78 is 5.62. The van der Waals surface area contributed by atoms with Crippen molar-refractivity contribution in [1.29, 1.82) is 0 Å². The van der Waals surface area contributed by atoms with Crippen LogP contribution in [0.4, 0.5) is 5.69 Å². The number of aryl methyl sites for hydroxylation is 1. The first-order chi connectivity index (χ1) is 11.5. The molecule has 2 rings (SSSR count). The van der Waals surface area contributed by atoms with Crippen molar-refractivity contribution < 1.29 is 9.53 Å². The van der Waals surface area contributed by atoms with E-state index in [1.807, 2.05) is 69.3 Å². The van der Waals surface area contributed by atoms with E-state index < -0.39 is 0 Å². The molecule has 4 heteroatoms. The summed E-state index contributed by atoms with van der Waals surface area (Å²) in [6.45, 7) is 5.92. The summed E-state index contributed by atoms with van der Waals surface area (Å²) in [6.07, 6.45) is 1.17. The molecule has 0 radical (unpaired) electrons. The normalized spacial score (nSPS) is 12.0. The molecular formula is C20H26N2O2. The molecule has 0 aliphatic carbocycles. The lowest BCUT2D eigenvalue weighted by atomic mass is 10.1. The van der Waals surface area contributed by atoms with Gasteiger partial charge in [-0.15, -0.1) is 0 Å². The third-order valence-corrected chi connectivity index (χ3v) is 3.75. The molecule has 0 aliphatic heterocycles. The molecule has 0 fully saturated rings. The highest BCUT2D eigenvalue weighted by atomic mass is 16.5. The van der Waals surface area contributed by atoms with Crippen LogP contribution in [0.1, 0.15) is 44.4 Å². The van der Waals surface area contributed by atoms with Gasteiger partial charge in [-0.25, -0.2) is 0 Å². The second-order valence-electron chi connectivity index (χ2n) is 6.24. The monoisotopic (exact) mass is 326 g/mol. The first-order valence-electron chi connectivity index (χ1n) is 8.35. The third-order valence-electron chi connectivity index (χ3n) is 3.75. The molecule has 24 heavy (non-hydrogen) atoms. The van der Waals surface area contributed by atoms with Crippen LogP contribution in [0.25, 0.3) is 0 Å². The SMILES string of the molecule is CC(C)Oc1ccc(CCC(=O)NC(C)c2ccccc2)cc1N. The lowest BCUT2D eigenvalue weighted by Gasteiger charge is -2.15. The third kappa shape index (κ3) is 5.30. The van der Waals surface area contributed by atoms with Crippen LogP contribution >= 0.6 is 0 Å². The van der Waals surface area contributed by atoms with Gasteiger partial charge in [0, 0.05) is 6.42 Å². The van der Waals surface area contributed by atoms with Gasteiger partial charge < -0.3 is 15.8 Å². The molecule has 0 saturated carbocycles. The first-order valence-corrected chi connectivity index (χ1v) is 8.35. The van der Waals surface area contributed by atoms with Gasteiger partial charge >= 0.3 is 0 Å². The lowest BCUT2D eigenvalue weighted by molar-refractivity contribution is -0.121. The van der Waals surface area contributed by atoms with Crippen LogP contribution in [0.3, 0.4) is 0 Å². The molecule has 1 unspecified atom stereocenters. The van der Waals surface area contributed by atoms with E-state index in [9.17, 15) is 4.79 Å². The largest absolute Gasteiger partial charge is 0.489 e. The van der Waals surface area contributed by atoms with Gasteiger partial charge in [0.05, 0.1) is 17.8 Å². The van der Waals surface area contributed by atoms with E-state index in [0.29, 0.717) is 24.3 Å². The summed E-state index contributed by atoms with van der Waals surface area (Å²) in [5.41, 5.74) is 8.75. The van der Waals surface area contributed by atoms with Gasteiger partial charge in [0.1, 0.15) is 5.75 Å². The maximum atomic E-state index is 12.1. The number of carbonyl (C=O) groups is 1. The highest BCUT2D eigenvalue weighted by molar-refractivity contribution is 5.76. The number of anilines is 1. The van der Waals surface area contributed by atoms with Crippen molar-refractivity contribution in [3.63, 3.8) is 0 Å². The Labute approximate surface area is 144 Å². The minimum Gasteiger partial charge on any atom is -0.489 e.